The number of aryl methyl sites for hydroxylation is 1. The first-order chi connectivity index (χ1) is 15.4. The van der Waals surface area contributed by atoms with E-state index in [1.54, 1.807) is 37.6 Å². The summed E-state index contributed by atoms with van der Waals surface area (Å²) >= 11 is 1.18. The number of carbonyl (C=O) groups is 1. The number of hydrogen-bond donors (Lipinski definition) is 1. The second-order valence-corrected chi connectivity index (χ2v) is 8.12. The summed E-state index contributed by atoms with van der Waals surface area (Å²) in [4.78, 5) is 38.9. The molecule has 0 aliphatic heterocycles. The molecule has 0 unspecified atom stereocenters. The number of ether oxygens (including phenoxy) is 1. The minimum atomic E-state index is -0.657. The van der Waals surface area contributed by atoms with E-state index < -0.39 is 17.1 Å². The van der Waals surface area contributed by atoms with Crippen LogP contribution in [0.15, 0.2) is 63.5 Å². The predicted molar refractivity (Wildman–Crippen MR) is 121 cm³/mol. The number of hydrogen-bond acceptors (Lipinski definition) is 5. The average molecular weight is 453 g/mol. The van der Waals surface area contributed by atoms with E-state index >= 15 is 0 Å². The van der Waals surface area contributed by atoms with Crippen LogP contribution in [0.1, 0.15) is 11.1 Å². The van der Waals surface area contributed by atoms with Crippen molar-refractivity contribution < 1.29 is 13.9 Å². The SMILES string of the molecule is COc1ccc(CNC(=O)Cn2c(=O)n(-c3ccc(F)cc3C)c(=O)c3sccc32)cc1. The number of halogens is 1. The number of thiophene rings is 1. The molecule has 32 heavy (non-hydrogen) atoms. The van der Waals surface area contributed by atoms with Crippen molar-refractivity contribution in [3.8, 4) is 11.4 Å². The lowest BCUT2D eigenvalue weighted by Gasteiger charge is -2.14. The molecule has 2 aromatic heterocycles. The molecule has 0 saturated heterocycles. The van der Waals surface area contributed by atoms with Gasteiger partial charge < -0.3 is 10.1 Å². The Morgan fingerprint density at radius 2 is 1.88 bits per heavy atom. The Kier molecular flexibility index (Phi) is 5.91. The molecule has 9 heteroatoms. The second kappa shape index (κ2) is 8.80. The minimum Gasteiger partial charge on any atom is -0.497 e. The fraction of sp³-hybridized carbons (Fsp3) is 0.174. The molecule has 4 rings (SSSR count). The van der Waals surface area contributed by atoms with E-state index in [0.29, 0.717) is 21.5 Å². The monoisotopic (exact) mass is 453 g/mol. The number of rotatable bonds is 6. The largest absolute Gasteiger partial charge is 0.497 e. The second-order valence-electron chi connectivity index (χ2n) is 7.20. The zero-order valence-corrected chi connectivity index (χ0v) is 18.2. The molecule has 0 aliphatic rings. The lowest BCUT2D eigenvalue weighted by atomic mass is 10.2. The first-order valence-corrected chi connectivity index (χ1v) is 10.7. The first kappa shape index (κ1) is 21.5. The topological polar surface area (TPSA) is 82.3 Å². The van der Waals surface area contributed by atoms with Gasteiger partial charge in [0.25, 0.3) is 5.56 Å². The third-order valence-electron chi connectivity index (χ3n) is 5.10. The van der Waals surface area contributed by atoms with Gasteiger partial charge in [0.15, 0.2) is 0 Å². The Labute approximate surface area is 186 Å². The van der Waals surface area contributed by atoms with Gasteiger partial charge in [0.2, 0.25) is 5.91 Å². The van der Waals surface area contributed by atoms with Gasteiger partial charge in [-0.25, -0.2) is 13.8 Å². The Hall–Kier alpha value is -3.72. The molecule has 0 atom stereocenters. The van der Waals surface area contributed by atoms with E-state index in [-0.39, 0.29) is 24.7 Å². The molecule has 7 nitrogen and oxygen atoms in total. The van der Waals surface area contributed by atoms with Crippen molar-refractivity contribution in [1.82, 2.24) is 14.5 Å². The maximum Gasteiger partial charge on any atom is 0.336 e. The molecular weight excluding hydrogens is 433 g/mol. The third kappa shape index (κ3) is 4.06. The molecule has 164 valence electrons. The van der Waals surface area contributed by atoms with Gasteiger partial charge >= 0.3 is 5.69 Å². The number of benzene rings is 2. The number of nitrogens with one attached hydrogen (secondary N) is 1. The van der Waals surface area contributed by atoms with Crippen LogP contribution in [-0.4, -0.2) is 22.2 Å². The van der Waals surface area contributed by atoms with Gasteiger partial charge in [0.05, 0.1) is 18.3 Å². The van der Waals surface area contributed by atoms with E-state index in [2.05, 4.69) is 5.32 Å². The van der Waals surface area contributed by atoms with Crippen LogP contribution in [-0.2, 0) is 17.9 Å². The van der Waals surface area contributed by atoms with Crippen LogP contribution in [0.25, 0.3) is 15.9 Å². The molecular formula is C23H20FN3O4S. The van der Waals surface area contributed by atoms with Gasteiger partial charge in [-0.3, -0.25) is 14.2 Å². The number of nitrogens with zero attached hydrogens (tertiary/aromatic N) is 2. The number of carbonyl (C=O) groups excluding carboxylic acids is 1. The van der Waals surface area contributed by atoms with E-state index in [0.717, 1.165) is 10.1 Å². The zero-order valence-electron chi connectivity index (χ0n) is 17.4. The normalized spacial score (nSPS) is 11.0. The van der Waals surface area contributed by atoms with Gasteiger partial charge in [0, 0.05) is 6.54 Å². The molecule has 0 radical (unpaired) electrons. The zero-order chi connectivity index (χ0) is 22.8. The molecule has 0 spiro atoms. The van der Waals surface area contributed by atoms with Crippen molar-refractivity contribution in [2.75, 3.05) is 7.11 Å². The Morgan fingerprint density at radius 3 is 2.56 bits per heavy atom. The average Bonchev–Trinajstić information content (AvgIpc) is 3.27. The summed E-state index contributed by atoms with van der Waals surface area (Å²) < 4.78 is 21.3. The number of fused-ring (bicyclic) bond motifs is 1. The van der Waals surface area contributed by atoms with Gasteiger partial charge in [-0.2, -0.15) is 0 Å². The van der Waals surface area contributed by atoms with Crippen molar-refractivity contribution >= 4 is 27.5 Å². The number of methoxy groups -OCH3 is 1. The number of aromatic nitrogens is 2. The maximum absolute atomic E-state index is 13.6. The first-order valence-electron chi connectivity index (χ1n) is 9.78. The fourth-order valence-corrected chi connectivity index (χ4v) is 4.29. The summed E-state index contributed by atoms with van der Waals surface area (Å²) in [6, 6.07) is 12.7. The summed E-state index contributed by atoms with van der Waals surface area (Å²) in [7, 11) is 1.58. The highest BCUT2D eigenvalue weighted by Crippen LogP contribution is 2.18. The summed E-state index contributed by atoms with van der Waals surface area (Å²) in [5.41, 5.74) is 0.833. The van der Waals surface area contributed by atoms with Crippen LogP contribution in [0.2, 0.25) is 0 Å². The molecule has 1 amide bonds. The van der Waals surface area contributed by atoms with Gasteiger partial charge in [-0.15, -0.1) is 11.3 Å². The third-order valence-corrected chi connectivity index (χ3v) is 6.00. The molecule has 2 aromatic carbocycles. The van der Waals surface area contributed by atoms with Crippen LogP contribution >= 0.6 is 11.3 Å². The standard InChI is InChI=1S/C23H20FN3O4S/c1-14-11-16(24)5-8-18(14)27-22(29)21-19(9-10-32-21)26(23(27)30)13-20(28)25-12-15-3-6-17(31-2)7-4-15/h3-11H,12-13H2,1-2H3,(H,25,28). The lowest BCUT2D eigenvalue weighted by Crippen LogP contribution is -2.41. The quantitative estimate of drug-likeness (QED) is 0.487. The van der Waals surface area contributed by atoms with E-state index in [1.807, 2.05) is 12.1 Å². The van der Waals surface area contributed by atoms with Crippen LogP contribution in [0.5, 0.6) is 5.75 Å². The predicted octanol–water partition coefficient (Wildman–Crippen LogP) is 2.99. The number of amides is 1. The molecule has 0 bridgehead atoms. The van der Waals surface area contributed by atoms with Crippen LogP contribution in [0, 0.1) is 12.7 Å². The highest BCUT2D eigenvalue weighted by atomic mass is 32.1. The van der Waals surface area contributed by atoms with E-state index in [9.17, 15) is 18.8 Å². The Morgan fingerprint density at radius 1 is 1.12 bits per heavy atom. The van der Waals surface area contributed by atoms with Crippen LogP contribution in [0.3, 0.4) is 0 Å². The van der Waals surface area contributed by atoms with Gasteiger partial charge in [0.1, 0.15) is 22.8 Å². The van der Waals surface area contributed by atoms with Gasteiger partial charge in [-0.1, -0.05) is 12.1 Å². The summed E-state index contributed by atoms with van der Waals surface area (Å²) in [5.74, 6) is -0.129. The fourth-order valence-electron chi connectivity index (χ4n) is 3.47. The van der Waals surface area contributed by atoms with E-state index in [4.69, 9.17) is 4.74 Å². The molecule has 2 heterocycles. The molecule has 0 fully saturated rings. The minimum absolute atomic E-state index is 0.261. The van der Waals surface area contributed by atoms with E-state index in [1.165, 1.54) is 34.1 Å². The van der Waals surface area contributed by atoms with Crippen molar-refractivity contribution in [2.24, 2.45) is 0 Å². The Balaban J connectivity index is 1.67. The lowest BCUT2D eigenvalue weighted by molar-refractivity contribution is -0.121. The summed E-state index contributed by atoms with van der Waals surface area (Å²) in [5, 5.41) is 4.48. The van der Waals surface area contributed by atoms with Crippen LogP contribution < -0.4 is 21.3 Å². The molecule has 0 saturated carbocycles. The molecule has 0 aliphatic carbocycles. The highest BCUT2D eigenvalue weighted by molar-refractivity contribution is 7.17. The van der Waals surface area contributed by atoms with Crippen molar-refractivity contribution in [2.45, 2.75) is 20.0 Å². The van der Waals surface area contributed by atoms with Crippen molar-refractivity contribution in [3.63, 3.8) is 0 Å². The highest BCUT2D eigenvalue weighted by Gasteiger charge is 2.18. The summed E-state index contributed by atoms with van der Waals surface area (Å²) in [6.07, 6.45) is 0. The maximum atomic E-state index is 13.6. The smallest absolute Gasteiger partial charge is 0.336 e. The Bertz CT molecular complexity index is 1420. The summed E-state index contributed by atoms with van der Waals surface area (Å²) in [6.45, 7) is 1.64. The van der Waals surface area contributed by atoms with Crippen LogP contribution in [0.4, 0.5) is 4.39 Å². The van der Waals surface area contributed by atoms with Crippen molar-refractivity contribution in [3.05, 3.63) is 91.7 Å². The molecule has 1 N–H and O–H groups in total. The van der Waals surface area contributed by atoms with Gasteiger partial charge in [-0.05, 0) is 59.8 Å². The van der Waals surface area contributed by atoms with Crippen molar-refractivity contribution in [1.29, 1.82) is 0 Å². The molecule has 4 aromatic rings.